The minimum Gasteiger partial charge on any atom is -0.325 e. The summed E-state index contributed by atoms with van der Waals surface area (Å²) in [7, 11) is 4.20. The van der Waals surface area contributed by atoms with E-state index in [0.717, 1.165) is 23.4 Å². The van der Waals surface area contributed by atoms with E-state index in [9.17, 15) is 0 Å². The smallest absolute Gasteiger partial charge is 0.124 e. The summed E-state index contributed by atoms with van der Waals surface area (Å²) in [5.74, 6) is 1.38. The minimum absolute atomic E-state index is 0.0549. The standard InChI is InChI=1S/C15H22ClN3/c1-11-6-7-13-12(8-11)17-14(9-16)19(13)10-15(2,3)18(4)5/h6-8H,9-10H2,1-5H3. The van der Waals surface area contributed by atoms with Gasteiger partial charge in [-0.3, -0.25) is 0 Å². The van der Waals surface area contributed by atoms with Gasteiger partial charge >= 0.3 is 0 Å². The quantitative estimate of drug-likeness (QED) is 0.800. The molecule has 1 aromatic heterocycles. The van der Waals surface area contributed by atoms with Gasteiger partial charge < -0.3 is 9.47 Å². The Hall–Kier alpha value is -1.06. The molecule has 2 aromatic rings. The lowest BCUT2D eigenvalue weighted by atomic mass is 10.0. The third-order valence-corrected chi connectivity index (χ3v) is 4.10. The number of hydrogen-bond acceptors (Lipinski definition) is 2. The molecule has 0 radical (unpaired) electrons. The van der Waals surface area contributed by atoms with Gasteiger partial charge in [-0.15, -0.1) is 11.6 Å². The van der Waals surface area contributed by atoms with Crippen molar-refractivity contribution in [3.63, 3.8) is 0 Å². The van der Waals surface area contributed by atoms with Crippen LogP contribution in [-0.2, 0) is 12.4 Å². The van der Waals surface area contributed by atoms with Crippen molar-refractivity contribution in [1.82, 2.24) is 14.5 Å². The molecule has 0 aliphatic carbocycles. The summed E-state index contributed by atoms with van der Waals surface area (Å²) < 4.78 is 2.24. The zero-order chi connectivity index (χ0) is 14.2. The van der Waals surface area contributed by atoms with Crippen molar-refractivity contribution in [2.24, 2.45) is 0 Å². The molecular formula is C15H22ClN3. The van der Waals surface area contributed by atoms with E-state index in [1.54, 1.807) is 0 Å². The van der Waals surface area contributed by atoms with Gasteiger partial charge in [0.25, 0.3) is 0 Å². The number of aromatic nitrogens is 2. The van der Waals surface area contributed by atoms with Crippen molar-refractivity contribution >= 4 is 22.6 Å². The van der Waals surface area contributed by atoms with Gasteiger partial charge in [0.1, 0.15) is 5.82 Å². The van der Waals surface area contributed by atoms with Crippen LogP contribution in [0.2, 0.25) is 0 Å². The fourth-order valence-electron chi connectivity index (χ4n) is 2.10. The van der Waals surface area contributed by atoms with Gasteiger partial charge in [0.2, 0.25) is 0 Å². The fraction of sp³-hybridized carbons (Fsp3) is 0.533. The molecule has 19 heavy (non-hydrogen) atoms. The molecule has 4 heteroatoms. The predicted molar refractivity (Wildman–Crippen MR) is 81.8 cm³/mol. The largest absolute Gasteiger partial charge is 0.325 e. The van der Waals surface area contributed by atoms with Gasteiger partial charge in [-0.1, -0.05) is 6.07 Å². The number of hydrogen-bond donors (Lipinski definition) is 0. The molecule has 0 fully saturated rings. The van der Waals surface area contributed by atoms with Crippen molar-refractivity contribution in [2.45, 2.75) is 38.7 Å². The number of halogens is 1. The summed E-state index contributed by atoms with van der Waals surface area (Å²) in [5.41, 5.74) is 3.48. The van der Waals surface area contributed by atoms with Gasteiger partial charge in [0.05, 0.1) is 16.9 Å². The molecule has 0 atom stereocenters. The highest BCUT2D eigenvalue weighted by Crippen LogP contribution is 2.23. The van der Waals surface area contributed by atoms with Gasteiger partial charge in [0.15, 0.2) is 0 Å². The molecule has 2 rings (SSSR count). The molecule has 0 bridgehead atoms. The maximum absolute atomic E-state index is 6.05. The summed E-state index contributed by atoms with van der Waals surface area (Å²) >= 11 is 6.05. The third kappa shape index (κ3) is 2.77. The zero-order valence-electron chi connectivity index (χ0n) is 12.4. The number of fused-ring (bicyclic) bond motifs is 1. The lowest BCUT2D eigenvalue weighted by molar-refractivity contribution is 0.170. The van der Waals surface area contributed by atoms with Crippen LogP contribution in [0.25, 0.3) is 11.0 Å². The van der Waals surface area contributed by atoms with Crippen molar-refractivity contribution in [3.05, 3.63) is 29.6 Å². The average Bonchev–Trinajstić information content (AvgIpc) is 2.65. The van der Waals surface area contributed by atoms with E-state index < -0.39 is 0 Å². The SMILES string of the molecule is Cc1ccc2c(c1)nc(CCl)n2CC(C)(C)N(C)C. The first-order valence-corrected chi connectivity index (χ1v) is 7.08. The number of benzene rings is 1. The van der Waals surface area contributed by atoms with Crippen LogP contribution < -0.4 is 0 Å². The maximum atomic E-state index is 6.05. The molecule has 0 N–H and O–H groups in total. The number of imidazole rings is 1. The van der Waals surface area contributed by atoms with E-state index in [1.165, 1.54) is 5.56 Å². The second kappa shape index (κ2) is 5.14. The normalized spacial score (nSPS) is 12.6. The topological polar surface area (TPSA) is 21.1 Å². The number of alkyl halides is 1. The number of nitrogens with zero attached hydrogens (tertiary/aromatic N) is 3. The Kier molecular flexibility index (Phi) is 3.88. The molecule has 0 aliphatic heterocycles. The number of rotatable bonds is 4. The molecular weight excluding hydrogens is 258 g/mol. The summed E-state index contributed by atoms with van der Waals surface area (Å²) in [6, 6.07) is 6.38. The first-order valence-electron chi connectivity index (χ1n) is 6.54. The Morgan fingerprint density at radius 1 is 1.32 bits per heavy atom. The first-order chi connectivity index (χ1) is 8.85. The van der Waals surface area contributed by atoms with E-state index in [2.05, 4.69) is 67.5 Å². The molecule has 104 valence electrons. The molecule has 1 aromatic carbocycles. The third-order valence-electron chi connectivity index (χ3n) is 3.86. The van der Waals surface area contributed by atoms with E-state index in [0.29, 0.717) is 5.88 Å². The van der Waals surface area contributed by atoms with Crippen molar-refractivity contribution in [3.8, 4) is 0 Å². The average molecular weight is 280 g/mol. The van der Waals surface area contributed by atoms with Crippen LogP contribution in [0.5, 0.6) is 0 Å². The predicted octanol–water partition coefficient (Wildman–Crippen LogP) is 3.42. The molecule has 0 spiro atoms. The van der Waals surface area contributed by atoms with E-state index in [1.807, 2.05) is 0 Å². The second-order valence-corrected chi connectivity index (χ2v) is 6.21. The van der Waals surface area contributed by atoms with E-state index in [4.69, 9.17) is 11.6 Å². The lowest BCUT2D eigenvalue weighted by Crippen LogP contribution is -2.42. The van der Waals surface area contributed by atoms with Gasteiger partial charge in [0, 0.05) is 12.1 Å². The highest BCUT2D eigenvalue weighted by Gasteiger charge is 2.23. The van der Waals surface area contributed by atoms with Crippen molar-refractivity contribution in [1.29, 1.82) is 0 Å². The van der Waals surface area contributed by atoms with E-state index >= 15 is 0 Å². The van der Waals surface area contributed by atoms with Crippen molar-refractivity contribution in [2.75, 3.05) is 14.1 Å². The van der Waals surface area contributed by atoms with Crippen LogP contribution in [0.1, 0.15) is 25.2 Å². The minimum atomic E-state index is 0.0549. The van der Waals surface area contributed by atoms with Crippen molar-refractivity contribution < 1.29 is 0 Å². The lowest BCUT2D eigenvalue weighted by Gasteiger charge is -2.33. The molecule has 0 amide bonds. The molecule has 3 nitrogen and oxygen atoms in total. The van der Waals surface area contributed by atoms with Gasteiger partial charge in [-0.05, 0) is 52.6 Å². The molecule has 0 aliphatic rings. The van der Waals surface area contributed by atoms with Crippen LogP contribution >= 0.6 is 11.6 Å². The van der Waals surface area contributed by atoms with Gasteiger partial charge in [-0.2, -0.15) is 0 Å². The fourth-order valence-corrected chi connectivity index (χ4v) is 2.30. The summed E-state index contributed by atoms with van der Waals surface area (Å²) in [6.07, 6.45) is 0. The molecule has 1 heterocycles. The van der Waals surface area contributed by atoms with Crippen LogP contribution in [0.15, 0.2) is 18.2 Å². The summed E-state index contributed by atoms with van der Waals surface area (Å²) in [4.78, 5) is 6.88. The Labute approximate surface area is 120 Å². The Morgan fingerprint density at radius 2 is 2.00 bits per heavy atom. The van der Waals surface area contributed by atoms with Crippen LogP contribution in [0.3, 0.4) is 0 Å². The molecule has 0 saturated heterocycles. The second-order valence-electron chi connectivity index (χ2n) is 5.95. The monoisotopic (exact) mass is 279 g/mol. The van der Waals surface area contributed by atoms with Crippen LogP contribution in [0.4, 0.5) is 0 Å². The van der Waals surface area contributed by atoms with Crippen LogP contribution in [0, 0.1) is 6.92 Å². The number of likely N-dealkylation sites (N-methyl/N-ethyl adjacent to an activating group) is 1. The highest BCUT2D eigenvalue weighted by atomic mass is 35.5. The summed E-state index contributed by atoms with van der Waals surface area (Å²) in [6.45, 7) is 7.42. The summed E-state index contributed by atoms with van der Waals surface area (Å²) in [5, 5.41) is 0. The Bertz CT molecular complexity index is 584. The molecule has 0 unspecified atom stereocenters. The molecule has 0 saturated carbocycles. The highest BCUT2D eigenvalue weighted by molar-refractivity contribution is 6.16. The zero-order valence-corrected chi connectivity index (χ0v) is 13.1. The Morgan fingerprint density at radius 3 is 2.58 bits per heavy atom. The van der Waals surface area contributed by atoms with Crippen LogP contribution in [-0.4, -0.2) is 34.1 Å². The first kappa shape index (κ1) is 14.4. The van der Waals surface area contributed by atoms with Gasteiger partial charge in [-0.25, -0.2) is 4.98 Å². The number of aryl methyl sites for hydroxylation is 1. The Balaban J connectivity index is 2.52. The maximum Gasteiger partial charge on any atom is 0.124 e. The van der Waals surface area contributed by atoms with E-state index in [-0.39, 0.29) is 5.54 Å².